The van der Waals surface area contributed by atoms with Gasteiger partial charge in [0.1, 0.15) is 0 Å². The quantitative estimate of drug-likeness (QED) is 0.492. The van der Waals surface area contributed by atoms with Crippen molar-refractivity contribution in [3.05, 3.63) is 26.7 Å². The number of nitrogens with zero attached hydrogens (tertiary/aromatic N) is 1. The van der Waals surface area contributed by atoms with E-state index in [-0.39, 0.29) is 11.4 Å². The Balaban J connectivity index is 3.33. The standard InChI is InChI=1S/C7H7BrN2O3/c1-13-7-3-5(9)4(8)2-6(7)10(11)12/h2-3H,9H2,1H3. The molecular weight excluding hydrogens is 240 g/mol. The maximum atomic E-state index is 10.5. The number of anilines is 1. The van der Waals surface area contributed by atoms with Crippen LogP contribution in [-0.2, 0) is 0 Å². The minimum atomic E-state index is -0.525. The van der Waals surface area contributed by atoms with Gasteiger partial charge in [-0.05, 0) is 15.9 Å². The van der Waals surface area contributed by atoms with Gasteiger partial charge in [0, 0.05) is 16.6 Å². The Labute approximate surface area is 82.8 Å². The molecule has 1 aromatic rings. The van der Waals surface area contributed by atoms with Crippen LogP contribution in [0.2, 0.25) is 0 Å². The van der Waals surface area contributed by atoms with Crippen molar-refractivity contribution in [2.24, 2.45) is 0 Å². The molecule has 13 heavy (non-hydrogen) atoms. The van der Waals surface area contributed by atoms with Crippen molar-refractivity contribution in [3.8, 4) is 5.75 Å². The van der Waals surface area contributed by atoms with Crippen molar-refractivity contribution in [1.82, 2.24) is 0 Å². The first kappa shape index (κ1) is 9.79. The first-order chi connectivity index (χ1) is 6.06. The van der Waals surface area contributed by atoms with E-state index in [2.05, 4.69) is 15.9 Å². The molecule has 0 saturated heterocycles. The molecule has 0 spiro atoms. The highest BCUT2D eigenvalue weighted by Crippen LogP contribution is 2.34. The second-order valence-electron chi connectivity index (χ2n) is 2.30. The third-order valence-corrected chi connectivity index (χ3v) is 2.18. The molecule has 2 N–H and O–H groups in total. The summed E-state index contributed by atoms with van der Waals surface area (Å²) >= 11 is 3.09. The molecule has 0 unspecified atom stereocenters. The van der Waals surface area contributed by atoms with Gasteiger partial charge in [0.15, 0.2) is 5.75 Å². The fourth-order valence-corrected chi connectivity index (χ4v) is 1.20. The zero-order valence-corrected chi connectivity index (χ0v) is 8.37. The van der Waals surface area contributed by atoms with Crippen molar-refractivity contribution in [2.75, 3.05) is 12.8 Å². The summed E-state index contributed by atoms with van der Waals surface area (Å²) in [6.45, 7) is 0. The predicted molar refractivity (Wildman–Crippen MR) is 51.8 cm³/mol. The number of hydrogen-bond acceptors (Lipinski definition) is 4. The molecule has 0 heterocycles. The second kappa shape index (κ2) is 3.61. The van der Waals surface area contributed by atoms with Gasteiger partial charge in [-0.25, -0.2) is 0 Å². The number of benzene rings is 1. The maximum absolute atomic E-state index is 10.5. The highest BCUT2D eigenvalue weighted by atomic mass is 79.9. The van der Waals surface area contributed by atoms with Crippen molar-refractivity contribution in [2.45, 2.75) is 0 Å². The Morgan fingerprint density at radius 3 is 2.69 bits per heavy atom. The van der Waals surface area contributed by atoms with Gasteiger partial charge in [-0.3, -0.25) is 10.1 Å². The van der Waals surface area contributed by atoms with Gasteiger partial charge in [-0.2, -0.15) is 0 Å². The van der Waals surface area contributed by atoms with E-state index < -0.39 is 4.92 Å². The molecule has 1 rings (SSSR count). The normalized spacial score (nSPS) is 9.69. The molecule has 0 fully saturated rings. The summed E-state index contributed by atoms with van der Waals surface area (Å²) in [5.41, 5.74) is 5.81. The van der Waals surface area contributed by atoms with Crippen LogP contribution >= 0.6 is 15.9 Å². The van der Waals surface area contributed by atoms with Crippen LogP contribution in [-0.4, -0.2) is 12.0 Å². The Morgan fingerprint density at radius 2 is 2.23 bits per heavy atom. The van der Waals surface area contributed by atoms with Gasteiger partial charge in [0.2, 0.25) is 0 Å². The third kappa shape index (κ3) is 1.89. The van der Waals surface area contributed by atoms with Gasteiger partial charge in [-0.1, -0.05) is 0 Å². The zero-order chi connectivity index (χ0) is 10.0. The average molecular weight is 247 g/mol. The zero-order valence-electron chi connectivity index (χ0n) is 6.78. The van der Waals surface area contributed by atoms with E-state index in [0.717, 1.165) is 0 Å². The van der Waals surface area contributed by atoms with E-state index in [9.17, 15) is 10.1 Å². The van der Waals surface area contributed by atoms with Crippen LogP contribution in [0.4, 0.5) is 11.4 Å². The van der Waals surface area contributed by atoms with Crippen molar-refractivity contribution >= 4 is 27.3 Å². The minimum absolute atomic E-state index is 0.108. The van der Waals surface area contributed by atoms with Crippen LogP contribution in [0.1, 0.15) is 0 Å². The second-order valence-corrected chi connectivity index (χ2v) is 3.16. The van der Waals surface area contributed by atoms with E-state index >= 15 is 0 Å². The molecule has 0 bridgehead atoms. The van der Waals surface area contributed by atoms with Gasteiger partial charge < -0.3 is 10.5 Å². The predicted octanol–water partition coefficient (Wildman–Crippen LogP) is 1.95. The van der Waals surface area contributed by atoms with Crippen LogP contribution in [0.25, 0.3) is 0 Å². The van der Waals surface area contributed by atoms with Gasteiger partial charge in [-0.15, -0.1) is 0 Å². The van der Waals surface area contributed by atoms with E-state index in [1.807, 2.05) is 0 Å². The summed E-state index contributed by atoms with van der Waals surface area (Å²) in [5.74, 6) is 0.158. The number of halogens is 1. The molecule has 0 radical (unpaired) electrons. The molecule has 0 aliphatic heterocycles. The number of nitro groups is 1. The molecule has 5 nitrogen and oxygen atoms in total. The molecule has 6 heteroatoms. The molecule has 0 aliphatic rings. The molecule has 0 atom stereocenters. The van der Waals surface area contributed by atoms with Crippen molar-refractivity contribution < 1.29 is 9.66 Å². The first-order valence-electron chi connectivity index (χ1n) is 3.33. The molecular formula is C7H7BrN2O3. The Morgan fingerprint density at radius 1 is 1.62 bits per heavy atom. The Kier molecular flexibility index (Phi) is 2.72. The van der Waals surface area contributed by atoms with Crippen LogP contribution < -0.4 is 10.5 Å². The summed E-state index contributed by atoms with van der Waals surface area (Å²) in [5, 5.41) is 10.5. The minimum Gasteiger partial charge on any atom is -0.490 e. The van der Waals surface area contributed by atoms with Gasteiger partial charge in [0.25, 0.3) is 0 Å². The Hall–Kier alpha value is -1.30. The van der Waals surface area contributed by atoms with Crippen molar-refractivity contribution in [1.29, 1.82) is 0 Å². The molecule has 1 aromatic carbocycles. The third-order valence-electron chi connectivity index (χ3n) is 1.49. The Bertz CT molecular complexity index is 354. The van der Waals surface area contributed by atoms with Crippen LogP contribution in [0, 0.1) is 10.1 Å². The monoisotopic (exact) mass is 246 g/mol. The summed E-state index contributed by atoms with van der Waals surface area (Å²) in [6, 6.07) is 2.72. The first-order valence-corrected chi connectivity index (χ1v) is 4.13. The smallest absolute Gasteiger partial charge is 0.312 e. The molecule has 70 valence electrons. The number of methoxy groups -OCH3 is 1. The van der Waals surface area contributed by atoms with E-state index in [1.54, 1.807) is 0 Å². The lowest BCUT2D eigenvalue weighted by molar-refractivity contribution is -0.385. The average Bonchev–Trinajstić information content (AvgIpc) is 2.08. The molecule has 0 aromatic heterocycles. The fraction of sp³-hybridized carbons (Fsp3) is 0.143. The van der Waals surface area contributed by atoms with E-state index in [4.69, 9.17) is 10.5 Å². The summed E-state index contributed by atoms with van der Waals surface area (Å²) in [6.07, 6.45) is 0. The number of nitro benzene ring substituents is 1. The largest absolute Gasteiger partial charge is 0.490 e. The number of nitrogen functional groups attached to an aromatic ring is 1. The van der Waals surface area contributed by atoms with Crippen LogP contribution in [0.15, 0.2) is 16.6 Å². The lowest BCUT2D eigenvalue weighted by Gasteiger charge is -2.03. The topological polar surface area (TPSA) is 78.4 Å². The molecule has 0 aliphatic carbocycles. The van der Waals surface area contributed by atoms with Crippen LogP contribution in [0.5, 0.6) is 5.75 Å². The highest BCUT2D eigenvalue weighted by Gasteiger charge is 2.16. The summed E-state index contributed by atoms with van der Waals surface area (Å²) < 4.78 is 5.29. The SMILES string of the molecule is COc1cc(N)c(Br)cc1[N+](=O)[O-]. The van der Waals surface area contributed by atoms with Gasteiger partial charge >= 0.3 is 5.69 Å². The highest BCUT2D eigenvalue weighted by molar-refractivity contribution is 9.10. The maximum Gasteiger partial charge on any atom is 0.312 e. The van der Waals surface area contributed by atoms with Gasteiger partial charge in [0.05, 0.1) is 17.7 Å². The lowest BCUT2D eigenvalue weighted by atomic mass is 10.2. The van der Waals surface area contributed by atoms with Crippen LogP contribution in [0.3, 0.4) is 0 Å². The lowest BCUT2D eigenvalue weighted by Crippen LogP contribution is -1.96. The fourth-order valence-electron chi connectivity index (χ4n) is 0.865. The molecule has 0 saturated carbocycles. The number of hydrogen-bond donors (Lipinski definition) is 1. The number of ether oxygens (including phenoxy) is 1. The summed E-state index contributed by atoms with van der Waals surface area (Å²) in [7, 11) is 1.36. The van der Waals surface area contributed by atoms with E-state index in [1.165, 1.54) is 19.2 Å². The number of nitrogens with two attached hydrogens (primary N) is 1. The van der Waals surface area contributed by atoms with Crippen molar-refractivity contribution in [3.63, 3.8) is 0 Å². The summed E-state index contributed by atoms with van der Waals surface area (Å²) in [4.78, 5) is 9.98. The molecule has 0 amide bonds. The number of rotatable bonds is 2. The van der Waals surface area contributed by atoms with E-state index in [0.29, 0.717) is 10.2 Å².